The van der Waals surface area contributed by atoms with Gasteiger partial charge in [-0.2, -0.15) is 0 Å². The van der Waals surface area contributed by atoms with Crippen LogP contribution < -0.4 is 0 Å². The van der Waals surface area contributed by atoms with E-state index in [4.69, 9.17) is 9.15 Å². The van der Waals surface area contributed by atoms with Crippen LogP contribution in [-0.4, -0.2) is 29.3 Å². The van der Waals surface area contributed by atoms with E-state index in [2.05, 4.69) is 24.0 Å². The van der Waals surface area contributed by atoms with Crippen molar-refractivity contribution in [3.63, 3.8) is 0 Å². The third kappa shape index (κ3) is 6.09. The summed E-state index contributed by atoms with van der Waals surface area (Å²) in [7, 11) is 0. The molecule has 0 spiro atoms. The van der Waals surface area contributed by atoms with E-state index in [0.717, 1.165) is 12.3 Å². The molecule has 4 nitrogen and oxygen atoms in total. The number of nitrogens with zero attached hydrogens (tertiary/aromatic N) is 1. The van der Waals surface area contributed by atoms with Gasteiger partial charge in [-0.15, -0.1) is 22.7 Å². The average molecular weight is 378 g/mol. The maximum absolute atomic E-state index is 10.4. The lowest BCUT2D eigenvalue weighted by Gasteiger charge is -2.23. The highest BCUT2D eigenvalue weighted by Crippen LogP contribution is 2.19. The largest absolute Gasteiger partial charge is 0.468 e. The van der Waals surface area contributed by atoms with Gasteiger partial charge in [0.05, 0.1) is 32.1 Å². The highest BCUT2D eigenvalue weighted by atomic mass is 32.1. The summed E-state index contributed by atoms with van der Waals surface area (Å²) in [6, 6.07) is 12.2. The first kappa shape index (κ1) is 18.4. The first-order chi connectivity index (χ1) is 12.2. The highest BCUT2D eigenvalue weighted by Gasteiger charge is 2.15. The highest BCUT2D eigenvalue weighted by molar-refractivity contribution is 7.11. The third-order valence-electron chi connectivity index (χ3n) is 3.74. The zero-order chi connectivity index (χ0) is 17.5. The van der Waals surface area contributed by atoms with Gasteiger partial charge in [0.2, 0.25) is 0 Å². The van der Waals surface area contributed by atoms with Crippen LogP contribution >= 0.6 is 22.7 Å². The third-order valence-corrected chi connectivity index (χ3v) is 5.57. The summed E-state index contributed by atoms with van der Waals surface area (Å²) in [6.07, 6.45) is 1.15. The fourth-order valence-corrected chi connectivity index (χ4v) is 4.21. The lowest BCUT2D eigenvalue weighted by atomic mass is 10.3. The molecule has 0 saturated carbocycles. The number of ether oxygens (including phenoxy) is 1. The standard InChI is InChI=1S/C19H23NO3S2/c1-15-6-7-18(25-15)12-20(11-17-4-2-8-23-17)10-16(21)13-22-14-19-5-3-9-24-19/h2-9,16,21H,10-14H2,1H3. The molecule has 1 atom stereocenters. The Labute approximate surface area is 156 Å². The molecule has 0 aliphatic heterocycles. The van der Waals surface area contributed by atoms with Gasteiger partial charge in [-0.3, -0.25) is 4.90 Å². The summed E-state index contributed by atoms with van der Waals surface area (Å²) in [5.41, 5.74) is 0. The molecule has 0 amide bonds. The number of thiophene rings is 2. The number of aliphatic hydroxyl groups is 1. The van der Waals surface area contributed by atoms with Gasteiger partial charge in [0.15, 0.2) is 0 Å². The van der Waals surface area contributed by atoms with E-state index in [1.807, 2.05) is 29.6 Å². The molecule has 6 heteroatoms. The Hall–Kier alpha value is -1.44. The number of aliphatic hydroxyl groups excluding tert-OH is 1. The van der Waals surface area contributed by atoms with E-state index < -0.39 is 6.10 Å². The fourth-order valence-electron chi connectivity index (χ4n) is 2.64. The molecule has 0 aliphatic carbocycles. The fraction of sp³-hybridized carbons (Fsp3) is 0.368. The van der Waals surface area contributed by atoms with Crippen LogP contribution in [-0.2, 0) is 24.4 Å². The second kappa shape index (κ2) is 9.31. The predicted molar refractivity (Wildman–Crippen MR) is 102 cm³/mol. The minimum atomic E-state index is -0.531. The van der Waals surface area contributed by atoms with Crippen molar-refractivity contribution in [1.82, 2.24) is 4.90 Å². The van der Waals surface area contributed by atoms with Gasteiger partial charge >= 0.3 is 0 Å². The number of rotatable bonds is 10. The van der Waals surface area contributed by atoms with Crippen molar-refractivity contribution in [2.45, 2.75) is 32.7 Å². The summed E-state index contributed by atoms with van der Waals surface area (Å²) in [5, 5.41) is 12.4. The van der Waals surface area contributed by atoms with Crippen LogP contribution in [0.5, 0.6) is 0 Å². The Bertz CT molecular complexity index is 722. The molecule has 3 heterocycles. The number of furan rings is 1. The Kier molecular flexibility index (Phi) is 6.84. The summed E-state index contributed by atoms with van der Waals surface area (Å²) >= 11 is 3.46. The minimum Gasteiger partial charge on any atom is -0.468 e. The van der Waals surface area contributed by atoms with Crippen LogP contribution in [0.3, 0.4) is 0 Å². The van der Waals surface area contributed by atoms with Crippen molar-refractivity contribution in [1.29, 1.82) is 0 Å². The Balaban J connectivity index is 1.52. The molecule has 0 saturated heterocycles. The summed E-state index contributed by atoms with van der Waals surface area (Å²) in [5.74, 6) is 0.903. The van der Waals surface area contributed by atoms with Crippen molar-refractivity contribution in [3.05, 3.63) is 68.4 Å². The molecule has 134 valence electrons. The van der Waals surface area contributed by atoms with Crippen LogP contribution in [0.15, 0.2) is 52.5 Å². The van der Waals surface area contributed by atoms with E-state index >= 15 is 0 Å². The van der Waals surface area contributed by atoms with Crippen LogP contribution in [0.2, 0.25) is 0 Å². The lowest BCUT2D eigenvalue weighted by molar-refractivity contribution is 0.00704. The van der Waals surface area contributed by atoms with Crippen LogP contribution in [0.4, 0.5) is 0 Å². The number of hydrogen-bond acceptors (Lipinski definition) is 6. The monoisotopic (exact) mass is 377 g/mol. The molecular weight excluding hydrogens is 354 g/mol. The molecule has 1 N–H and O–H groups in total. The van der Waals surface area contributed by atoms with E-state index in [1.165, 1.54) is 14.6 Å². The summed E-state index contributed by atoms with van der Waals surface area (Å²) in [4.78, 5) is 5.96. The summed E-state index contributed by atoms with van der Waals surface area (Å²) < 4.78 is 11.1. The second-order valence-corrected chi connectivity index (χ2v) is 8.41. The normalized spacial score (nSPS) is 12.8. The Morgan fingerprint density at radius 2 is 2.08 bits per heavy atom. The van der Waals surface area contributed by atoms with Gasteiger partial charge in [-0.05, 0) is 42.6 Å². The maximum atomic E-state index is 10.4. The molecule has 0 radical (unpaired) electrons. The molecule has 3 aromatic heterocycles. The topological polar surface area (TPSA) is 45.8 Å². The van der Waals surface area contributed by atoms with Crippen molar-refractivity contribution in [3.8, 4) is 0 Å². The van der Waals surface area contributed by atoms with Gasteiger partial charge in [-0.25, -0.2) is 0 Å². The predicted octanol–water partition coefficient (Wildman–Crippen LogP) is 4.29. The minimum absolute atomic E-state index is 0.329. The molecule has 0 bridgehead atoms. The number of hydrogen-bond donors (Lipinski definition) is 1. The van der Waals surface area contributed by atoms with E-state index in [9.17, 15) is 5.11 Å². The van der Waals surface area contributed by atoms with Gasteiger partial charge in [0.25, 0.3) is 0 Å². The maximum Gasteiger partial charge on any atom is 0.117 e. The Morgan fingerprint density at radius 3 is 2.76 bits per heavy atom. The van der Waals surface area contributed by atoms with Crippen LogP contribution in [0, 0.1) is 6.92 Å². The van der Waals surface area contributed by atoms with Gasteiger partial charge in [0.1, 0.15) is 5.76 Å². The molecule has 25 heavy (non-hydrogen) atoms. The van der Waals surface area contributed by atoms with Crippen LogP contribution in [0.25, 0.3) is 0 Å². The first-order valence-electron chi connectivity index (χ1n) is 8.27. The van der Waals surface area contributed by atoms with Crippen LogP contribution in [0.1, 0.15) is 20.4 Å². The van der Waals surface area contributed by atoms with Crippen molar-refractivity contribution < 1.29 is 14.3 Å². The van der Waals surface area contributed by atoms with E-state index in [1.54, 1.807) is 28.9 Å². The molecule has 0 fully saturated rings. The quantitative estimate of drug-likeness (QED) is 0.572. The zero-order valence-corrected chi connectivity index (χ0v) is 15.9. The molecule has 3 rings (SSSR count). The number of aryl methyl sites for hydroxylation is 1. The smallest absolute Gasteiger partial charge is 0.117 e. The Morgan fingerprint density at radius 1 is 1.16 bits per heavy atom. The van der Waals surface area contributed by atoms with E-state index in [-0.39, 0.29) is 0 Å². The molecular formula is C19H23NO3S2. The average Bonchev–Trinajstić information content (AvgIpc) is 3.31. The molecule has 0 aromatic carbocycles. The van der Waals surface area contributed by atoms with Crippen molar-refractivity contribution >= 4 is 22.7 Å². The lowest BCUT2D eigenvalue weighted by Crippen LogP contribution is -2.34. The summed E-state index contributed by atoms with van der Waals surface area (Å²) in [6.45, 7) is 5.00. The van der Waals surface area contributed by atoms with Crippen molar-refractivity contribution in [2.75, 3.05) is 13.2 Å². The van der Waals surface area contributed by atoms with Crippen molar-refractivity contribution in [2.24, 2.45) is 0 Å². The molecule has 3 aromatic rings. The van der Waals surface area contributed by atoms with E-state index in [0.29, 0.717) is 26.3 Å². The molecule has 1 unspecified atom stereocenters. The van der Waals surface area contributed by atoms with Gasteiger partial charge in [0, 0.05) is 27.7 Å². The van der Waals surface area contributed by atoms with Gasteiger partial charge in [-0.1, -0.05) is 6.07 Å². The SMILES string of the molecule is Cc1ccc(CN(Cc2ccco2)CC(O)COCc2cccs2)s1. The second-order valence-electron chi connectivity index (χ2n) is 6.01. The first-order valence-corrected chi connectivity index (χ1v) is 9.97. The van der Waals surface area contributed by atoms with Gasteiger partial charge < -0.3 is 14.3 Å². The molecule has 0 aliphatic rings. The zero-order valence-electron chi connectivity index (χ0n) is 14.3.